The highest BCUT2D eigenvalue weighted by Crippen LogP contribution is 1.94. The molecular weight excluding hydrogens is 184 g/mol. The summed E-state index contributed by atoms with van der Waals surface area (Å²) in [4.78, 5) is 0. The summed E-state index contributed by atoms with van der Waals surface area (Å²) in [6.07, 6.45) is 13.7. The number of allylic oxidation sites excluding steroid dienone is 7. The topological polar surface area (TPSA) is 24.4 Å². The quantitative estimate of drug-likeness (QED) is 0.413. The maximum Gasteiger partial charge on any atom is 0.0541 e. The zero-order valence-corrected chi connectivity index (χ0v) is 9.99. The predicted octanol–water partition coefficient (Wildman–Crippen LogP) is 3.56. The van der Waals surface area contributed by atoms with Crippen molar-refractivity contribution >= 4 is 6.21 Å². The number of hydrogen-bond acceptors (Lipinski definition) is 2. The second kappa shape index (κ2) is 9.00. The Morgan fingerprint density at radius 1 is 0.933 bits per heavy atom. The Bertz CT molecular complexity index is 304. The second-order valence-corrected chi connectivity index (χ2v) is 2.90. The van der Waals surface area contributed by atoms with Crippen LogP contribution in [0.4, 0.5) is 0 Å². The molecule has 0 spiro atoms. The molecule has 0 unspecified atom stereocenters. The van der Waals surface area contributed by atoms with E-state index in [1.54, 1.807) is 6.21 Å². The van der Waals surface area contributed by atoms with Crippen molar-refractivity contribution in [2.75, 3.05) is 0 Å². The highest BCUT2D eigenvalue weighted by Gasteiger charge is 1.85. The van der Waals surface area contributed by atoms with Crippen LogP contribution in [0.15, 0.2) is 52.8 Å². The monoisotopic (exact) mass is 204 g/mol. The largest absolute Gasteiger partial charge is 0.279 e. The SMILES string of the molecule is C/C=C\C(C=NNC(/C=C\C)=C/C)=C/C. The smallest absolute Gasteiger partial charge is 0.0541 e. The maximum absolute atomic E-state index is 4.14. The Hall–Kier alpha value is -1.57. The Morgan fingerprint density at radius 2 is 1.60 bits per heavy atom. The van der Waals surface area contributed by atoms with Gasteiger partial charge in [0.25, 0.3) is 0 Å². The van der Waals surface area contributed by atoms with Gasteiger partial charge in [-0.15, -0.1) is 0 Å². The molecule has 0 aromatic rings. The van der Waals surface area contributed by atoms with Crippen molar-refractivity contribution in [3.63, 3.8) is 0 Å². The molecule has 2 heteroatoms. The summed E-state index contributed by atoms with van der Waals surface area (Å²) in [6.45, 7) is 7.93. The van der Waals surface area contributed by atoms with Gasteiger partial charge in [0, 0.05) is 0 Å². The van der Waals surface area contributed by atoms with E-state index in [1.807, 2.05) is 64.2 Å². The van der Waals surface area contributed by atoms with Crippen LogP contribution in [0.25, 0.3) is 0 Å². The summed E-state index contributed by atoms with van der Waals surface area (Å²) in [5.74, 6) is 0. The van der Waals surface area contributed by atoms with Gasteiger partial charge < -0.3 is 0 Å². The maximum atomic E-state index is 4.14. The lowest BCUT2D eigenvalue weighted by molar-refractivity contribution is 0.920. The van der Waals surface area contributed by atoms with Crippen LogP contribution in [0, 0.1) is 0 Å². The molecule has 0 radical (unpaired) electrons. The van der Waals surface area contributed by atoms with Gasteiger partial charge in [-0.1, -0.05) is 30.4 Å². The summed E-state index contributed by atoms with van der Waals surface area (Å²) in [5, 5.41) is 4.14. The third kappa shape index (κ3) is 6.49. The van der Waals surface area contributed by atoms with Gasteiger partial charge >= 0.3 is 0 Å². The summed E-state index contributed by atoms with van der Waals surface area (Å²) in [7, 11) is 0. The first-order valence-electron chi connectivity index (χ1n) is 5.15. The van der Waals surface area contributed by atoms with Crippen LogP contribution in [0.2, 0.25) is 0 Å². The van der Waals surface area contributed by atoms with E-state index in [1.165, 1.54) is 0 Å². The van der Waals surface area contributed by atoms with Gasteiger partial charge in [0.15, 0.2) is 0 Å². The molecule has 0 fully saturated rings. The highest BCUT2D eigenvalue weighted by atomic mass is 15.3. The van der Waals surface area contributed by atoms with Gasteiger partial charge in [-0.3, -0.25) is 5.43 Å². The fourth-order valence-electron chi connectivity index (χ4n) is 0.965. The summed E-state index contributed by atoms with van der Waals surface area (Å²) in [6, 6.07) is 0. The first-order valence-corrected chi connectivity index (χ1v) is 5.15. The molecule has 0 saturated heterocycles. The molecule has 0 heterocycles. The van der Waals surface area contributed by atoms with Crippen LogP contribution >= 0.6 is 0 Å². The van der Waals surface area contributed by atoms with Gasteiger partial charge in [0.2, 0.25) is 0 Å². The lowest BCUT2D eigenvalue weighted by atomic mass is 10.2. The van der Waals surface area contributed by atoms with Crippen LogP contribution in [-0.2, 0) is 0 Å². The molecule has 0 aromatic heterocycles. The molecule has 0 atom stereocenters. The zero-order chi connectivity index (χ0) is 11.5. The molecule has 0 rings (SSSR count). The van der Waals surface area contributed by atoms with Gasteiger partial charge in [-0.2, -0.15) is 5.10 Å². The van der Waals surface area contributed by atoms with E-state index >= 15 is 0 Å². The van der Waals surface area contributed by atoms with E-state index in [-0.39, 0.29) is 0 Å². The number of hydrazone groups is 1. The first kappa shape index (κ1) is 13.4. The molecule has 1 N–H and O–H groups in total. The molecular formula is C13H20N2. The van der Waals surface area contributed by atoms with Crippen LogP contribution in [0.5, 0.6) is 0 Å². The predicted molar refractivity (Wildman–Crippen MR) is 68.8 cm³/mol. The number of rotatable bonds is 5. The van der Waals surface area contributed by atoms with E-state index in [0.717, 1.165) is 11.3 Å². The second-order valence-electron chi connectivity index (χ2n) is 2.90. The van der Waals surface area contributed by atoms with Crippen LogP contribution in [0.3, 0.4) is 0 Å². The molecule has 0 aliphatic heterocycles. The van der Waals surface area contributed by atoms with Crippen LogP contribution < -0.4 is 5.43 Å². The third-order valence-electron chi connectivity index (χ3n) is 1.76. The van der Waals surface area contributed by atoms with Crippen molar-refractivity contribution in [2.45, 2.75) is 27.7 Å². The molecule has 0 saturated carbocycles. The molecule has 2 nitrogen and oxygen atoms in total. The Kier molecular flexibility index (Phi) is 8.06. The fourth-order valence-corrected chi connectivity index (χ4v) is 0.965. The minimum Gasteiger partial charge on any atom is -0.279 e. The van der Waals surface area contributed by atoms with Gasteiger partial charge in [0.05, 0.1) is 11.9 Å². The summed E-state index contributed by atoms with van der Waals surface area (Å²) < 4.78 is 0. The Labute approximate surface area is 92.8 Å². The standard InChI is InChI=1S/C13H20N2/c1-5-9-12(7-3)11-14-15-13(8-4)10-6-2/h5-11,15H,1-4H3/b9-5-,10-6-,12-7+,13-8+,14-11?. The van der Waals surface area contributed by atoms with Gasteiger partial charge in [-0.25, -0.2) is 0 Å². The zero-order valence-electron chi connectivity index (χ0n) is 9.99. The molecule has 0 aliphatic rings. The van der Waals surface area contributed by atoms with Crippen molar-refractivity contribution in [3.8, 4) is 0 Å². The lowest BCUT2D eigenvalue weighted by Crippen LogP contribution is -2.03. The lowest BCUT2D eigenvalue weighted by Gasteiger charge is -1.99. The van der Waals surface area contributed by atoms with E-state index in [9.17, 15) is 0 Å². The number of nitrogens with zero attached hydrogens (tertiary/aromatic N) is 1. The molecule has 15 heavy (non-hydrogen) atoms. The summed E-state index contributed by atoms with van der Waals surface area (Å²) in [5.41, 5.74) is 5.04. The number of hydrogen-bond donors (Lipinski definition) is 1. The number of nitrogens with one attached hydrogen (secondary N) is 1. The van der Waals surface area contributed by atoms with E-state index in [4.69, 9.17) is 0 Å². The Balaban J connectivity index is 4.30. The van der Waals surface area contributed by atoms with Crippen molar-refractivity contribution < 1.29 is 0 Å². The van der Waals surface area contributed by atoms with Crippen LogP contribution in [0.1, 0.15) is 27.7 Å². The van der Waals surface area contributed by atoms with E-state index in [0.29, 0.717) is 0 Å². The average molecular weight is 204 g/mol. The molecule has 82 valence electrons. The first-order chi connectivity index (χ1) is 7.28. The minimum absolute atomic E-state index is 0.990. The molecule has 0 bridgehead atoms. The van der Waals surface area contributed by atoms with Gasteiger partial charge in [0.1, 0.15) is 0 Å². The van der Waals surface area contributed by atoms with Crippen molar-refractivity contribution in [3.05, 3.63) is 47.7 Å². The summed E-state index contributed by atoms with van der Waals surface area (Å²) >= 11 is 0. The van der Waals surface area contributed by atoms with Gasteiger partial charge in [-0.05, 0) is 39.3 Å². The molecule has 0 aromatic carbocycles. The van der Waals surface area contributed by atoms with Crippen molar-refractivity contribution in [1.29, 1.82) is 0 Å². The minimum atomic E-state index is 0.990. The fraction of sp³-hybridized carbons (Fsp3) is 0.308. The van der Waals surface area contributed by atoms with Crippen LogP contribution in [-0.4, -0.2) is 6.21 Å². The molecule has 0 amide bonds. The highest BCUT2D eigenvalue weighted by molar-refractivity contribution is 5.81. The normalized spacial score (nSPS) is 14.7. The third-order valence-corrected chi connectivity index (χ3v) is 1.76. The van der Waals surface area contributed by atoms with E-state index in [2.05, 4.69) is 10.5 Å². The molecule has 0 aliphatic carbocycles. The van der Waals surface area contributed by atoms with E-state index < -0.39 is 0 Å². The Morgan fingerprint density at radius 3 is 2.07 bits per heavy atom. The van der Waals surface area contributed by atoms with Crippen molar-refractivity contribution in [2.24, 2.45) is 5.10 Å². The average Bonchev–Trinajstić information content (AvgIpc) is 2.26. The van der Waals surface area contributed by atoms with Crippen molar-refractivity contribution in [1.82, 2.24) is 5.43 Å².